The van der Waals surface area contributed by atoms with Crippen LogP contribution in [-0.4, -0.2) is 30.3 Å². The number of methoxy groups -OCH3 is 1. The zero-order chi connectivity index (χ0) is 12.9. The van der Waals surface area contributed by atoms with E-state index in [2.05, 4.69) is 5.32 Å². The monoisotopic (exact) mass is 275 g/mol. The third-order valence-electron chi connectivity index (χ3n) is 2.34. The Balaban J connectivity index is 2.82. The van der Waals surface area contributed by atoms with E-state index in [0.717, 1.165) is 0 Å². The summed E-state index contributed by atoms with van der Waals surface area (Å²) in [5, 5.41) is 2.80. The van der Waals surface area contributed by atoms with Crippen molar-refractivity contribution >= 4 is 29.1 Å². The Labute approximate surface area is 111 Å². The Morgan fingerprint density at radius 3 is 2.59 bits per heavy atom. The fourth-order valence-corrected chi connectivity index (χ4v) is 1.63. The van der Waals surface area contributed by atoms with E-state index in [9.17, 15) is 4.79 Å². The first-order valence-corrected chi connectivity index (χ1v) is 6.20. The molecule has 0 aliphatic heterocycles. The molecule has 0 unspecified atom stereocenters. The van der Waals surface area contributed by atoms with E-state index in [1.54, 1.807) is 38.3 Å². The molecule has 0 bridgehead atoms. The van der Waals surface area contributed by atoms with Crippen LogP contribution in [0.1, 0.15) is 17.3 Å². The molecule has 0 heterocycles. The average molecular weight is 276 g/mol. The van der Waals surface area contributed by atoms with Crippen molar-refractivity contribution in [1.82, 2.24) is 5.32 Å². The molecular formula is C12H15Cl2NO2. The standard InChI is InChI=1S/C12H15Cl2NO2/c1-12(7-13,8-14)15-11(16)9-4-3-5-10(6-9)17-2/h3-6H,7-8H2,1-2H3,(H,15,16). The Morgan fingerprint density at radius 1 is 1.41 bits per heavy atom. The molecule has 94 valence electrons. The SMILES string of the molecule is COc1cccc(C(=O)NC(C)(CCl)CCl)c1. The molecule has 0 aliphatic carbocycles. The minimum Gasteiger partial charge on any atom is -0.497 e. The molecular weight excluding hydrogens is 261 g/mol. The minimum absolute atomic E-state index is 0.215. The topological polar surface area (TPSA) is 38.3 Å². The van der Waals surface area contributed by atoms with Crippen LogP contribution in [0.4, 0.5) is 0 Å². The summed E-state index contributed by atoms with van der Waals surface area (Å²) in [5.74, 6) is 0.933. The summed E-state index contributed by atoms with van der Waals surface area (Å²) in [5.41, 5.74) is -0.0886. The predicted octanol–water partition coefficient (Wildman–Crippen LogP) is 2.66. The van der Waals surface area contributed by atoms with Gasteiger partial charge in [-0.2, -0.15) is 0 Å². The first-order valence-electron chi connectivity index (χ1n) is 5.13. The summed E-state index contributed by atoms with van der Waals surface area (Å²) in [6.07, 6.45) is 0. The molecule has 1 aromatic carbocycles. The minimum atomic E-state index is -0.608. The van der Waals surface area contributed by atoms with E-state index in [1.807, 2.05) is 0 Å². The fraction of sp³-hybridized carbons (Fsp3) is 0.417. The van der Waals surface area contributed by atoms with Gasteiger partial charge in [0, 0.05) is 17.3 Å². The first-order chi connectivity index (χ1) is 8.04. The van der Waals surface area contributed by atoms with Crippen molar-refractivity contribution in [2.24, 2.45) is 0 Å². The van der Waals surface area contributed by atoms with Crippen molar-refractivity contribution in [2.75, 3.05) is 18.9 Å². The van der Waals surface area contributed by atoms with Crippen LogP contribution in [0.25, 0.3) is 0 Å². The Morgan fingerprint density at radius 2 is 2.06 bits per heavy atom. The number of hydrogen-bond acceptors (Lipinski definition) is 2. The number of carbonyl (C=O) groups is 1. The van der Waals surface area contributed by atoms with Crippen LogP contribution < -0.4 is 10.1 Å². The lowest BCUT2D eigenvalue weighted by molar-refractivity contribution is 0.0921. The molecule has 3 nitrogen and oxygen atoms in total. The average Bonchev–Trinajstić information content (AvgIpc) is 2.38. The normalized spacial score (nSPS) is 11.1. The number of benzene rings is 1. The van der Waals surface area contributed by atoms with Gasteiger partial charge in [-0.05, 0) is 25.1 Å². The zero-order valence-corrected chi connectivity index (χ0v) is 11.3. The van der Waals surface area contributed by atoms with Gasteiger partial charge < -0.3 is 10.1 Å². The molecule has 1 aromatic rings. The summed E-state index contributed by atoms with van der Waals surface area (Å²) in [7, 11) is 1.55. The lowest BCUT2D eigenvalue weighted by atomic mass is 10.1. The molecule has 0 saturated carbocycles. The highest BCUT2D eigenvalue weighted by atomic mass is 35.5. The van der Waals surface area contributed by atoms with Crippen LogP contribution in [0.5, 0.6) is 5.75 Å². The van der Waals surface area contributed by atoms with Crippen LogP contribution in [0.2, 0.25) is 0 Å². The number of carbonyl (C=O) groups excluding carboxylic acids is 1. The number of halogens is 2. The molecule has 1 rings (SSSR count). The van der Waals surface area contributed by atoms with Gasteiger partial charge in [-0.3, -0.25) is 4.79 Å². The van der Waals surface area contributed by atoms with Gasteiger partial charge in [-0.15, -0.1) is 23.2 Å². The van der Waals surface area contributed by atoms with Crippen molar-refractivity contribution in [3.8, 4) is 5.75 Å². The van der Waals surface area contributed by atoms with Crippen molar-refractivity contribution in [3.05, 3.63) is 29.8 Å². The quantitative estimate of drug-likeness (QED) is 0.840. The van der Waals surface area contributed by atoms with E-state index in [1.165, 1.54) is 0 Å². The second kappa shape index (κ2) is 6.12. The third-order valence-corrected chi connectivity index (χ3v) is 3.52. The molecule has 0 saturated heterocycles. The van der Waals surface area contributed by atoms with Gasteiger partial charge >= 0.3 is 0 Å². The van der Waals surface area contributed by atoms with Gasteiger partial charge in [0.1, 0.15) is 5.75 Å². The summed E-state index contributed by atoms with van der Waals surface area (Å²) < 4.78 is 5.06. The Kier molecular flexibility index (Phi) is 5.09. The number of nitrogens with one attached hydrogen (secondary N) is 1. The Bertz CT molecular complexity index is 392. The van der Waals surface area contributed by atoms with Crippen molar-refractivity contribution in [1.29, 1.82) is 0 Å². The highest BCUT2D eigenvalue weighted by molar-refractivity contribution is 6.22. The highest BCUT2D eigenvalue weighted by Crippen LogP contribution is 2.15. The molecule has 1 amide bonds. The zero-order valence-electron chi connectivity index (χ0n) is 9.80. The number of ether oxygens (including phenoxy) is 1. The molecule has 0 aliphatic rings. The van der Waals surface area contributed by atoms with Gasteiger partial charge in [-0.25, -0.2) is 0 Å². The smallest absolute Gasteiger partial charge is 0.251 e. The molecule has 17 heavy (non-hydrogen) atoms. The predicted molar refractivity (Wildman–Crippen MR) is 70.3 cm³/mol. The summed E-state index contributed by atoms with van der Waals surface area (Å²) in [4.78, 5) is 12.0. The number of amides is 1. The molecule has 0 spiro atoms. The van der Waals surface area contributed by atoms with Gasteiger partial charge in [0.15, 0.2) is 0 Å². The maximum absolute atomic E-state index is 12.0. The summed E-state index contributed by atoms with van der Waals surface area (Å²) in [6, 6.07) is 6.91. The van der Waals surface area contributed by atoms with Crippen LogP contribution in [0.3, 0.4) is 0 Å². The van der Waals surface area contributed by atoms with E-state index in [0.29, 0.717) is 11.3 Å². The van der Waals surface area contributed by atoms with Crippen LogP contribution in [-0.2, 0) is 0 Å². The molecule has 0 atom stereocenters. The Hall–Kier alpha value is -0.930. The summed E-state index contributed by atoms with van der Waals surface area (Å²) >= 11 is 11.6. The second-order valence-electron chi connectivity index (χ2n) is 4.01. The number of alkyl halides is 2. The van der Waals surface area contributed by atoms with Crippen molar-refractivity contribution in [2.45, 2.75) is 12.5 Å². The maximum Gasteiger partial charge on any atom is 0.251 e. The second-order valence-corrected chi connectivity index (χ2v) is 4.55. The van der Waals surface area contributed by atoms with Crippen LogP contribution in [0, 0.1) is 0 Å². The van der Waals surface area contributed by atoms with Crippen molar-refractivity contribution in [3.63, 3.8) is 0 Å². The fourth-order valence-electron chi connectivity index (χ4n) is 1.21. The molecule has 5 heteroatoms. The molecule has 1 N–H and O–H groups in total. The first kappa shape index (κ1) is 14.1. The van der Waals surface area contributed by atoms with E-state index >= 15 is 0 Å². The van der Waals surface area contributed by atoms with Gasteiger partial charge in [-0.1, -0.05) is 6.07 Å². The largest absolute Gasteiger partial charge is 0.497 e. The maximum atomic E-state index is 12.0. The third kappa shape index (κ3) is 3.79. The number of rotatable bonds is 5. The molecule has 0 fully saturated rings. The van der Waals surface area contributed by atoms with Crippen LogP contribution >= 0.6 is 23.2 Å². The molecule has 0 aromatic heterocycles. The van der Waals surface area contributed by atoms with Gasteiger partial charge in [0.25, 0.3) is 5.91 Å². The van der Waals surface area contributed by atoms with Gasteiger partial charge in [0.05, 0.1) is 12.6 Å². The number of hydrogen-bond donors (Lipinski definition) is 1. The van der Waals surface area contributed by atoms with E-state index in [-0.39, 0.29) is 17.7 Å². The van der Waals surface area contributed by atoms with E-state index in [4.69, 9.17) is 27.9 Å². The summed E-state index contributed by atoms with van der Waals surface area (Å²) in [6.45, 7) is 1.80. The van der Waals surface area contributed by atoms with Crippen LogP contribution in [0.15, 0.2) is 24.3 Å². The lowest BCUT2D eigenvalue weighted by Crippen LogP contribution is -2.49. The van der Waals surface area contributed by atoms with Gasteiger partial charge in [0.2, 0.25) is 0 Å². The highest BCUT2D eigenvalue weighted by Gasteiger charge is 2.24. The molecule has 0 radical (unpaired) electrons. The van der Waals surface area contributed by atoms with E-state index < -0.39 is 5.54 Å². The van der Waals surface area contributed by atoms with Crippen molar-refractivity contribution < 1.29 is 9.53 Å². The lowest BCUT2D eigenvalue weighted by Gasteiger charge is -2.25.